The second-order valence-corrected chi connectivity index (χ2v) is 12.7. The highest BCUT2D eigenvalue weighted by Crippen LogP contribution is 2.43. The number of hydrogen-bond donors (Lipinski definition) is 3. The standard InChI is InChI=1S/C25H28N9O3P/c1-14-7-8-28-20(9-14)30-21-10-18(23(25(26)35)32-31-21)29-19-13-27-12-16(24(19)37-2)17-11-22(38(3,4)36)34(33-17)15-5-6-15/h7-13,15H,5-6H2,1-4H3,(H2,26,35)(H2,28,29,30,31). The van der Waals surface area contributed by atoms with Crippen LogP contribution in [0.5, 0.6) is 5.75 Å². The van der Waals surface area contributed by atoms with Crippen LogP contribution in [0.15, 0.2) is 42.9 Å². The molecule has 0 aromatic carbocycles. The highest BCUT2D eigenvalue weighted by molar-refractivity contribution is 7.69. The van der Waals surface area contributed by atoms with Crippen LogP contribution < -0.4 is 26.5 Å². The average molecular weight is 534 g/mol. The Bertz CT molecular complexity index is 1580. The lowest BCUT2D eigenvalue weighted by Gasteiger charge is -2.15. The smallest absolute Gasteiger partial charge is 0.271 e. The summed E-state index contributed by atoms with van der Waals surface area (Å²) < 4.78 is 20.6. The van der Waals surface area contributed by atoms with Crippen LogP contribution in [0.4, 0.5) is 23.0 Å². The minimum Gasteiger partial charge on any atom is -0.494 e. The van der Waals surface area contributed by atoms with Crippen molar-refractivity contribution in [2.24, 2.45) is 5.73 Å². The number of nitrogens with zero attached hydrogens (tertiary/aromatic N) is 6. The van der Waals surface area contributed by atoms with Gasteiger partial charge in [-0.1, -0.05) is 0 Å². The molecule has 0 bridgehead atoms. The molecule has 1 saturated carbocycles. The molecule has 1 fully saturated rings. The number of aryl methyl sites for hydroxylation is 1. The Balaban J connectivity index is 1.53. The molecule has 13 heteroatoms. The predicted molar refractivity (Wildman–Crippen MR) is 145 cm³/mol. The van der Waals surface area contributed by atoms with Crippen LogP contribution in [0.1, 0.15) is 34.9 Å². The molecule has 4 heterocycles. The van der Waals surface area contributed by atoms with Gasteiger partial charge in [0.25, 0.3) is 5.91 Å². The fraction of sp³-hybridized carbons (Fsp3) is 0.280. The molecule has 0 spiro atoms. The molecule has 38 heavy (non-hydrogen) atoms. The summed E-state index contributed by atoms with van der Waals surface area (Å²) in [5.41, 5.74) is 9.21. The molecular weight excluding hydrogens is 505 g/mol. The number of hydrogen-bond acceptors (Lipinski definition) is 10. The van der Waals surface area contributed by atoms with Crippen LogP contribution >= 0.6 is 7.14 Å². The van der Waals surface area contributed by atoms with Gasteiger partial charge in [-0.05, 0) is 56.9 Å². The van der Waals surface area contributed by atoms with E-state index in [0.717, 1.165) is 18.4 Å². The number of methoxy groups -OCH3 is 1. The third kappa shape index (κ3) is 5.21. The van der Waals surface area contributed by atoms with E-state index in [9.17, 15) is 9.36 Å². The largest absolute Gasteiger partial charge is 0.494 e. The Labute approximate surface area is 219 Å². The van der Waals surface area contributed by atoms with Crippen LogP contribution in [0, 0.1) is 6.92 Å². The summed E-state index contributed by atoms with van der Waals surface area (Å²) in [6, 6.07) is 7.42. The Morgan fingerprint density at radius 3 is 2.55 bits per heavy atom. The number of pyridine rings is 2. The summed E-state index contributed by atoms with van der Waals surface area (Å²) in [5, 5.41) is 19.1. The lowest BCUT2D eigenvalue weighted by molar-refractivity contribution is 0.0995. The first-order chi connectivity index (χ1) is 18.1. The van der Waals surface area contributed by atoms with Gasteiger partial charge in [0, 0.05) is 18.5 Å². The van der Waals surface area contributed by atoms with Gasteiger partial charge in [-0.15, -0.1) is 10.2 Å². The van der Waals surface area contributed by atoms with E-state index in [2.05, 4.69) is 30.8 Å². The molecule has 1 aliphatic carbocycles. The molecule has 0 saturated heterocycles. The van der Waals surface area contributed by atoms with Crippen molar-refractivity contribution in [3.05, 3.63) is 54.1 Å². The van der Waals surface area contributed by atoms with Gasteiger partial charge in [0.05, 0.1) is 41.7 Å². The van der Waals surface area contributed by atoms with E-state index in [0.29, 0.717) is 45.5 Å². The van der Waals surface area contributed by atoms with E-state index in [-0.39, 0.29) is 11.7 Å². The molecule has 12 nitrogen and oxygen atoms in total. The molecular formula is C25H28N9O3P. The predicted octanol–water partition coefficient (Wildman–Crippen LogP) is 3.62. The average Bonchev–Trinajstić information content (AvgIpc) is 3.60. The van der Waals surface area contributed by atoms with Crippen LogP contribution in [-0.4, -0.2) is 56.3 Å². The minimum absolute atomic E-state index is 0.0570. The molecule has 0 atom stereocenters. The number of nitrogens with one attached hydrogen (secondary N) is 2. The van der Waals surface area contributed by atoms with E-state index in [1.807, 2.05) is 29.8 Å². The van der Waals surface area contributed by atoms with Crippen molar-refractivity contribution in [3.63, 3.8) is 0 Å². The second-order valence-electron chi connectivity index (χ2n) is 9.51. The first kappa shape index (κ1) is 25.3. The number of rotatable bonds is 9. The van der Waals surface area contributed by atoms with Gasteiger partial charge in [0.15, 0.2) is 17.3 Å². The minimum atomic E-state index is -2.57. The summed E-state index contributed by atoms with van der Waals surface area (Å²) in [5.74, 6) is 0.617. The lowest BCUT2D eigenvalue weighted by atomic mass is 10.1. The third-order valence-electron chi connectivity index (χ3n) is 6.01. The summed E-state index contributed by atoms with van der Waals surface area (Å²) in [6.07, 6.45) is 6.89. The maximum Gasteiger partial charge on any atom is 0.271 e. The zero-order valence-electron chi connectivity index (χ0n) is 21.5. The summed E-state index contributed by atoms with van der Waals surface area (Å²) in [6.45, 7) is 5.42. The normalized spacial score (nSPS) is 13.3. The van der Waals surface area contributed by atoms with Crippen molar-refractivity contribution < 1.29 is 14.1 Å². The first-order valence-corrected chi connectivity index (χ1v) is 14.6. The number of carbonyl (C=O) groups excluding carboxylic acids is 1. The van der Waals surface area contributed by atoms with Crippen molar-refractivity contribution >= 4 is 41.5 Å². The van der Waals surface area contributed by atoms with Crippen molar-refractivity contribution in [2.75, 3.05) is 31.1 Å². The van der Waals surface area contributed by atoms with Crippen molar-refractivity contribution in [1.82, 2.24) is 29.9 Å². The number of nitrogens with two attached hydrogens (primary N) is 1. The van der Waals surface area contributed by atoms with Crippen molar-refractivity contribution in [2.45, 2.75) is 25.8 Å². The lowest BCUT2D eigenvalue weighted by Crippen LogP contribution is -2.17. The molecule has 4 aromatic rings. The number of amides is 1. The zero-order valence-corrected chi connectivity index (χ0v) is 22.4. The topological polar surface area (TPSA) is 163 Å². The molecule has 0 aliphatic heterocycles. The number of aromatic nitrogens is 6. The fourth-order valence-electron chi connectivity index (χ4n) is 4.06. The van der Waals surface area contributed by atoms with Crippen molar-refractivity contribution in [1.29, 1.82) is 0 Å². The molecule has 0 radical (unpaired) electrons. The molecule has 5 rings (SSSR count). The van der Waals surface area contributed by atoms with Crippen LogP contribution in [0.2, 0.25) is 0 Å². The van der Waals surface area contributed by atoms with Crippen LogP contribution in [-0.2, 0) is 4.57 Å². The number of primary amides is 1. The zero-order chi connectivity index (χ0) is 27.0. The number of ether oxygens (including phenoxy) is 1. The molecule has 0 unspecified atom stereocenters. The van der Waals surface area contributed by atoms with E-state index in [4.69, 9.17) is 15.6 Å². The molecule has 196 valence electrons. The molecule has 4 aromatic heterocycles. The monoisotopic (exact) mass is 533 g/mol. The van der Waals surface area contributed by atoms with Gasteiger partial charge < -0.3 is 25.7 Å². The first-order valence-electron chi connectivity index (χ1n) is 12.0. The van der Waals surface area contributed by atoms with E-state index >= 15 is 0 Å². The van der Waals surface area contributed by atoms with Crippen LogP contribution in [0.25, 0.3) is 11.3 Å². The summed E-state index contributed by atoms with van der Waals surface area (Å²) in [7, 11) is -1.04. The Morgan fingerprint density at radius 1 is 1.11 bits per heavy atom. The highest BCUT2D eigenvalue weighted by atomic mass is 31.2. The van der Waals surface area contributed by atoms with E-state index in [1.165, 1.54) is 7.11 Å². The Morgan fingerprint density at radius 2 is 1.89 bits per heavy atom. The summed E-state index contributed by atoms with van der Waals surface area (Å²) in [4.78, 5) is 20.8. The van der Waals surface area contributed by atoms with E-state index < -0.39 is 13.0 Å². The SMILES string of the molecule is COc1c(Nc2cc(Nc3cc(C)ccn3)nnc2C(N)=O)cncc1-c1cc(P(C)(C)=O)n(C2CC2)n1. The third-order valence-corrected chi connectivity index (χ3v) is 7.44. The van der Waals surface area contributed by atoms with Gasteiger partial charge in [0.1, 0.15) is 18.6 Å². The summed E-state index contributed by atoms with van der Waals surface area (Å²) >= 11 is 0. The molecule has 1 amide bonds. The molecule has 4 N–H and O–H groups in total. The maximum absolute atomic E-state index is 13.0. The van der Waals surface area contributed by atoms with Gasteiger partial charge in [-0.3, -0.25) is 14.5 Å². The number of anilines is 4. The Kier molecular flexibility index (Phi) is 6.58. The molecule has 1 aliphatic rings. The fourth-order valence-corrected chi connectivity index (χ4v) is 5.19. The van der Waals surface area contributed by atoms with Gasteiger partial charge in [-0.25, -0.2) is 4.98 Å². The van der Waals surface area contributed by atoms with Crippen molar-refractivity contribution in [3.8, 4) is 17.0 Å². The highest BCUT2D eigenvalue weighted by Gasteiger charge is 2.32. The van der Waals surface area contributed by atoms with Gasteiger partial charge >= 0.3 is 0 Å². The van der Waals surface area contributed by atoms with Gasteiger partial charge in [-0.2, -0.15) is 5.10 Å². The number of carbonyl (C=O) groups is 1. The quantitative estimate of drug-likeness (QED) is 0.271. The van der Waals surface area contributed by atoms with Crippen LogP contribution in [0.3, 0.4) is 0 Å². The van der Waals surface area contributed by atoms with E-state index in [1.54, 1.807) is 38.0 Å². The van der Waals surface area contributed by atoms with Gasteiger partial charge in [0.2, 0.25) is 0 Å². The Hall–Kier alpha value is -4.31. The second kappa shape index (κ2) is 9.86. The maximum atomic E-state index is 13.0.